The SMILES string of the molecule is C[C@@H]1CN(/C=C/C(=O)O)C[C@H](C)O1. The van der Waals surface area contributed by atoms with Crippen LogP contribution in [0.15, 0.2) is 12.3 Å². The summed E-state index contributed by atoms with van der Waals surface area (Å²) >= 11 is 0. The molecule has 0 aliphatic carbocycles. The van der Waals surface area contributed by atoms with Gasteiger partial charge in [0.1, 0.15) is 0 Å². The van der Waals surface area contributed by atoms with Gasteiger partial charge in [-0.25, -0.2) is 4.79 Å². The van der Waals surface area contributed by atoms with Gasteiger partial charge < -0.3 is 14.7 Å². The number of rotatable bonds is 2. The van der Waals surface area contributed by atoms with Crippen LogP contribution in [-0.2, 0) is 9.53 Å². The summed E-state index contributed by atoms with van der Waals surface area (Å²) in [6, 6.07) is 0. The van der Waals surface area contributed by atoms with E-state index in [1.54, 1.807) is 6.20 Å². The molecule has 0 spiro atoms. The molecule has 4 nitrogen and oxygen atoms in total. The summed E-state index contributed by atoms with van der Waals surface area (Å²) in [5.74, 6) is -0.910. The van der Waals surface area contributed by atoms with Gasteiger partial charge in [-0.05, 0) is 13.8 Å². The van der Waals surface area contributed by atoms with Gasteiger partial charge >= 0.3 is 5.97 Å². The zero-order chi connectivity index (χ0) is 9.84. The van der Waals surface area contributed by atoms with Crippen LogP contribution in [0.25, 0.3) is 0 Å². The number of hydrogen-bond donors (Lipinski definition) is 1. The summed E-state index contributed by atoms with van der Waals surface area (Å²) in [4.78, 5) is 12.2. The molecule has 1 fully saturated rings. The average molecular weight is 185 g/mol. The third kappa shape index (κ3) is 3.46. The van der Waals surface area contributed by atoms with Crippen LogP contribution in [0.4, 0.5) is 0 Å². The van der Waals surface area contributed by atoms with E-state index in [0.29, 0.717) is 0 Å². The zero-order valence-corrected chi connectivity index (χ0v) is 7.93. The van der Waals surface area contributed by atoms with Gasteiger partial charge in [-0.1, -0.05) is 0 Å². The quantitative estimate of drug-likeness (QED) is 0.643. The van der Waals surface area contributed by atoms with Crippen LogP contribution in [-0.4, -0.2) is 41.3 Å². The lowest BCUT2D eigenvalue weighted by atomic mass is 10.2. The first-order valence-corrected chi connectivity index (χ1v) is 4.38. The first-order valence-electron chi connectivity index (χ1n) is 4.38. The second-order valence-electron chi connectivity index (χ2n) is 3.37. The van der Waals surface area contributed by atoms with Crippen LogP contribution in [0.3, 0.4) is 0 Å². The molecule has 1 aliphatic rings. The highest BCUT2D eigenvalue weighted by atomic mass is 16.5. The Kier molecular flexibility index (Phi) is 3.31. The Morgan fingerprint density at radius 2 is 2.00 bits per heavy atom. The molecular formula is C9H15NO3. The van der Waals surface area contributed by atoms with Gasteiger partial charge in [0.25, 0.3) is 0 Å². The largest absolute Gasteiger partial charge is 0.478 e. The lowest BCUT2D eigenvalue weighted by molar-refractivity contribution is -0.131. The predicted octanol–water partition coefficient (Wildman–Crippen LogP) is 0.694. The standard InChI is InChI=1S/C9H15NO3/c1-7-5-10(4-3-9(11)12)6-8(2)13-7/h3-4,7-8H,5-6H2,1-2H3,(H,11,12)/b4-3+/t7-,8+. The van der Waals surface area contributed by atoms with Crippen molar-refractivity contribution in [1.29, 1.82) is 0 Å². The third-order valence-electron chi connectivity index (χ3n) is 1.88. The smallest absolute Gasteiger partial charge is 0.329 e. The van der Waals surface area contributed by atoms with E-state index >= 15 is 0 Å². The molecule has 0 unspecified atom stereocenters. The molecule has 1 saturated heterocycles. The van der Waals surface area contributed by atoms with E-state index in [0.717, 1.165) is 19.2 Å². The fourth-order valence-electron chi connectivity index (χ4n) is 1.51. The lowest BCUT2D eigenvalue weighted by Crippen LogP contribution is -2.42. The summed E-state index contributed by atoms with van der Waals surface area (Å²) in [6.45, 7) is 5.48. The predicted molar refractivity (Wildman–Crippen MR) is 48.4 cm³/mol. The molecule has 13 heavy (non-hydrogen) atoms. The molecular weight excluding hydrogens is 170 g/mol. The number of nitrogens with zero attached hydrogens (tertiary/aromatic N) is 1. The van der Waals surface area contributed by atoms with E-state index < -0.39 is 5.97 Å². The molecule has 0 bridgehead atoms. The Morgan fingerprint density at radius 3 is 2.46 bits per heavy atom. The van der Waals surface area contributed by atoms with E-state index in [2.05, 4.69) is 0 Å². The van der Waals surface area contributed by atoms with Gasteiger partial charge in [0.05, 0.1) is 12.2 Å². The minimum absolute atomic E-state index is 0.169. The molecule has 4 heteroatoms. The maximum Gasteiger partial charge on any atom is 0.329 e. The minimum atomic E-state index is -0.910. The van der Waals surface area contributed by atoms with E-state index in [-0.39, 0.29) is 12.2 Å². The average Bonchev–Trinajstić information content (AvgIpc) is 1.99. The highest BCUT2D eigenvalue weighted by molar-refractivity contribution is 5.79. The Labute approximate surface area is 77.8 Å². The van der Waals surface area contributed by atoms with Crippen LogP contribution in [0.5, 0.6) is 0 Å². The Bertz CT molecular complexity index is 205. The van der Waals surface area contributed by atoms with E-state index in [1.165, 1.54) is 0 Å². The highest BCUT2D eigenvalue weighted by Crippen LogP contribution is 2.10. The first kappa shape index (κ1) is 10.1. The number of ether oxygens (including phenoxy) is 1. The number of morpholine rings is 1. The summed E-state index contributed by atoms with van der Waals surface area (Å²) in [5.41, 5.74) is 0. The molecule has 0 aromatic rings. The molecule has 0 amide bonds. The molecule has 1 rings (SSSR count). The van der Waals surface area contributed by atoms with Crippen molar-refractivity contribution >= 4 is 5.97 Å². The zero-order valence-electron chi connectivity index (χ0n) is 7.93. The van der Waals surface area contributed by atoms with Gasteiger partial charge in [-0.3, -0.25) is 0 Å². The van der Waals surface area contributed by atoms with Crippen molar-refractivity contribution in [2.45, 2.75) is 26.1 Å². The van der Waals surface area contributed by atoms with Crippen LogP contribution < -0.4 is 0 Å². The second-order valence-corrected chi connectivity index (χ2v) is 3.37. The summed E-state index contributed by atoms with van der Waals surface area (Å²) in [7, 11) is 0. The summed E-state index contributed by atoms with van der Waals surface area (Å²) in [5, 5.41) is 8.43. The number of hydrogen-bond acceptors (Lipinski definition) is 3. The number of carboxylic acids is 1. The highest BCUT2D eigenvalue weighted by Gasteiger charge is 2.19. The van der Waals surface area contributed by atoms with Crippen molar-refractivity contribution in [3.05, 3.63) is 12.3 Å². The Morgan fingerprint density at radius 1 is 1.46 bits per heavy atom. The number of carboxylic acid groups (broad SMARTS) is 1. The van der Waals surface area contributed by atoms with Gasteiger partial charge in [0.2, 0.25) is 0 Å². The molecule has 1 N–H and O–H groups in total. The van der Waals surface area contributed by atoms with Crippen LogP contribution in [0.2, 0.25) is 0 Å². The fraction of sp³-hybridized carbons (Fsp3) is 0.667. The Hall–Kier alpha value is -1.03. The number of carbonyl (C=O) groups is 1. The normalized spacial score (nSPS) is 29.5. The molecule has 1 aliphatic heterocycles. The van der Waals surface area contributed by atoms with Crippen LogP contribution in [0.1, 0.15) is 13.8 Å². The topological polar surface area (TPSA) is 49.8 Å². The van der Waals surface area contributed by atoms with Crippen LogP contribution >= 0.6 is 0 Å². The van der Waals surface area contributed by atoms with Crippen LogP contribution in [0, 0.1) is 0 Å². The molecule has 0 radical (unpaired) electrons. The van der Waals surface area contributed by atoms with Crippen molar-refractivity contribution in [2.24, 2.45) is 0 Å². The van der Waals surface area contributed by atoms with Crippen molar-refractivity contribution in [3.63, 3.8) is 0 Å². The van der Waals surface area contributed by atoms with Gasteiger partial charge in [-0.15, -0.1) is 0 Å². The van der Waals surface area contributed by atoms with E-state index in [1.807, 2.05) is 18.7 Å². The molecule has 2 atom stereocenters. The van der Waals surface area contributed by atoms with Crippen molar-refractivity contribution in [2.75, 3.05) is 13.1 Å². The van der Waals surface area contributed by atoms with Gasteiger partial charge in [0.15, 0.2) is 0 Å². The van der Waals surface area contributed by atoms with E-state index in [4.69, 9.17) is 9.84 Å². The lowest BCUT2D eigenvalue weighted by Gasteiger charge is -2.34. The second kappa shape index (κ2) is 4.28. The van der Waals surface area contributed by atoms with Crippen molar-refractivity contribution in [1.82, 2.24) is 4.90 Å². The maximum atomic E-state index is 10.3. The molecule has 1 heterocycles. The Balaban J connectivity index is 2.46. The summed E-state index contributed by atoms with van der Waals surface area (Å²) in [6.07, 6.45) is 3.10. The van der Waals surface area contributed by atoms with Gasteiger partial charge in [0, 0.05) is 25.4 Å². The number of aliphatic carboxylic acids is 1. The fourth-order valence-corrected chi connectivity index (χ4v) is 1.51. The molecule has 74 valence electrons. The molecule has 0 aromatic heterocycles. The maximum absolute atomic E-state index is 10.3. The van der Waals surface area contributed by atoms with Gasteiger partial charge in [-0.2, -0.15) is 0 Å². The third-order valence-corrected chi connectivity index (χ3v) is 1.88. The monoisotopic (exact) mass is 185 g/mol. The molecule has 0 aromatic carbocycles. The first-order chi connectivity index (χ1) is 6.08. The minimum Gasteiger partial charge on any atom is -0.478 e. The molecule has 0 saturated carbocycles. The van der Waals surface area contributed by atoms with E-state index in [9.17, 15) is 4.79 Å². The van der Waals surface area contributed by atoms with Crippen molar-refractivity contribution in [3.8, 4) is 0 Å². The summed E-state index contributed by atoms with van der Waals surface area (Å²) < 4.78 is 5.50. The van der Waals surface area contributed by atoms with Crippen molar-refractivity contribution < 1.29 is 14.6 Å².